The molecule has 2 aromatic rings. The highest BCUT2D eigenvalue weighted by Gasteiger charge is 2.39. The number of nitro benzene ring substituents is 1. The lowest BCUT2D eigenvalue weighted by atomic mass is 9.80. The number of nitro groups is 1. The van der Waals surface area contributed by atoms with Crippen LogP contribution in [0.1, 0.15) is 48.8 Å². The minimum absolute atomic E-state index is 0.0500. The largest absolute Gasteiger partial charge is 0.496 e. The molecule has 166 valence electrons. The van der Waals surface area contributed by atoms with Crippen LogP contribution in [0.2, 0.25) is 0 Å². The number of rotatable bonds is 7. The number of halogens is 1. The Morgan fingerprint density at radius 1 is 1.16 bits per heavy atom. The zero-order valence-corrected chi connectivity index (χ0v) is 19.7. The van der Waals surface area contributed by atoms with E-state index in [4.69, 9.17) is 4.74 Å². The average molecular weight is 490 g/mol. The second-order valence-electron chi connectivity index (χ2n) is 8.11. The highest BCUT2D eigenvalue weighted by Crippen LogP contribution is 2.33. The van der Waals surface area contributed by atoms with Crippen LogP contribution in [0.5, 0.6) is 5.75 Å². The minimum atomic E-state index is -0.774. The molecule has 0 radical (unpaired) electrons. The summed E-state index contributed by atoms with van der Waals surface area (Å²) in [7, 11) is 1.60. The maximum Gasteiger partial charge on any atom is 0.275 e. The molecule has 1 fully saturated rings. The fourth-order valence-electron chi connectivity index (χ4n) is 4.19. The third-order valence-corrected chi connectivity index (χ3v) is 6.48. The number of amides is 1. The average Bonchev–Trinajstić information content (AvgIpc) is 2.74. The topological polar surface area (TPSA) is 93.5 Å². The van der Waals surface area contributed by atoms with E-state index in [-0.39, 0.29) is 23.1 Å². The molecular weight excluding hydrogens is 462 g/mol. The lowest BCUT2D eigenvalue weighted by molar-refractivity contribution is -0.385. The molecule has 8 heteroatoms. The third kappa shape index (κ3) is 5.25. The Hall–Kier alpha value is -2.45. The van der Waals surface area contributed by atoms with Crippen molar-refractivity contribution in [3.05, 3.63) is 61.6 Å². The monoisotopic (exact) mass is 489 g/mol. The molecule has 0 saturated heterocycles. The molecule has 1 amide bonds. The number of aryl methyl sites for hydroxylation is 2. The lowest BCUT2D eigenvalue weighted by Gasteiger charge is -2.37. The Labute approximate surface area is 190 Å². The first kappa shape index (κ1) is 23.2. The zero-order chi connectivity index (χ0) is 22.6. The maximum atomic E-state index is 13.4. The fraction of sp³-hybridized carbons (Fsp3) is 0.435. The van der Waals surface area contributed by atoms with Crippen LogP contribution in [0.4, 0.5) is 11.4 Å². The van der Waals surface area contributed by atoms with Crippen molar-refractivity contribution >= 4 is 33.2 Å². The van der Waals surface area contributed by atoms with Crippen molar-refractivity contribution in [1.82, 2.24) is 5.32 Å². The molecule has 0 aromatic heterocycles. The Bertz CT molecular complexity index is 987. The number of anilines is 1. The number of carbonyl (C=O) groups excluding carboxylic acids is 1. The summed E-state index contributed by atoms with van der Waals surface area (Å²) in [6.07, 6.45) is 4.31. The van der Waals surface area contributed by atoms with E-state index in [1.807, 2.05) is 38.1 Å². The first-order valence-corrected chi connectivity index (χ1v) is 11.2. The van der Waals surface area contributed by atoms with E-state index in [9.17, 15) is 14.9 Å². The van der Waals surface area contributed by atoms with Gasteiger partial charge in [0.25, 0.3) is 5.69 Å². The summed E-state index contributed by atoms with van der Waals surface area (Å²) in [5, 5.41) is 18.0. The van der Waals surface area contributed by atoms with Gasteiger partial charge in [-0.3, -0.25) is 20.2 Å². The normalized spacial score (nSPS) is 15.4. The van der Waals surface area contributed by atoms with E-state index >= 15 is 0 Å². The molecule has 1 saturated carbocycles. The van der Waals surface area contributed by atoms with E-state index in [1.165, 1.54) is 6.07 Å². The summed E-state index contributed by atoms with van der Waals surface area (Å²) < 4.78 is 6.03. The van der Waals surface area contributed by atoms with Gasteiger partial charge in [0, 0.05) is 34.4 Å². The van der Waals surface area contributed by atoms with Crippen LogP contribution in [-0.4, -0.2) is 23.5 Å². The quantitative estimate of drug-likeness (QED) is 0.400. The Kier molecular flexibility index (Phi) is 7.33. The summed E-state index contributed by atoms with van der Waals surface area (Å²) in [6, 6.07) is 8.94. The highest BCUT2D eigenvalue weighted by molar-refractivity contribution is 9.10. The van der Waals surface area contributed by atoms with Gasteiger partial charge in [-0.1, -0.05) is 41.3 Å². The summed E-state index contributed by atoms with van der Waals surface area (Å²) in [6.45, 7) is 4.04. The maximum absolute atomic E-state index is 13.4. The first-order valence-electron chi connectivity index (χ1n) is 10.4. The van der Waals surface area contributed by atoms with Gasteiger partial charge in [-0.25, -0.2) is 0 Å². The Morgan fingerprint density at radius 3 is 2.52 bits per heavy atom. The van der Waals surface area contributed by atoms with Gasteiger partial charge in [0.1, 0.15) is 5.75 Å². The van der Waals surface area contributed by atoms with Gasteiger partial charge in [-0.15, -0.1) is 0 Å². The SMILES string of the molecule is COc1cc(NC(=O)C2(NCc3c(C)cc(Br)cc3[N+](=O)[O-])CCCCC2)ccc1C. The van der Waals surface area contributed by atoms with Crippen LogP contribution in [0.25, 0.3) is 0 Å². The van der Waals surface area contributed by atoms with E-state index < -0.39 is 5.54 Å². The van der Waals surface area contributed by atoms with Gasteiger partial charge in [0.05, 0.1) is 17.6 Å². The molecule has 31 heavy (non-hydrogen) atoms. The zero-order valence-electron chi connectivity index (χ0n) is 18.1. The van der Waals surface area contributed by atoms with Crippen molar-refractivity contribution in [3.8, 4) is 5.75 Å². The molecule has 2 N–H and O–H groups in total. The first-order chi connectivity index (χ1) is 14.8. The predicted octanol–water partition coefficient (Wildman–Crippen LogP) is 5.41. The van der Waals surface area contributed by atoms with Gasteiger partial charge < -0.3 is 10.1 Å². The van der Waals surface area contributed by atoms with E-state index in [1.54, 1.807) is 7.11 Å². The van der Waals surface area contributed by atoms with Crippen LogP contribution in [0.15, 0.2) is 34.8 Å². The van der Waals surface area contributed by atoms with Crippen molar-refractivity contribution < 1.29 is 14.5 Å². The van der Waals surface area contributed by atoms with Gasteiger partial charge in [0.2, 0.25) is 5.91 Å². The van der Waals surface area contributed by atoms with Crippen LogP contribution in [-0.2, 0) is 11.3 Å². The molecule has 1 aliphatic carbocycles. The number of methoxy groups -OCH3 is 1. The molecule has 3 rings (SSSR count). The number of hydrogen-bond donors (Lipinski definition) is 2. The van der Waals surface area contributed by atoms with Crippen molar-refractivity contribution in [3.63, 3.8) is 0 Å². The molecule has 0 atom stereocenters. The van der Waals surface area contributed by atoms with Gasteiger partial charge in [-0.05, 0) is 49.9 Å². The number of nitrogens with one attached hydrogen (secondary N) is 2. The lowest BCUT2D eigenvalue weighted by Crippen LogP contribution is -2.55. The van der Waals surface area contributed by atoms with E-state index in [2.05, 4.69) is 26.6 Å². The second kappa shape index (κ2) is 9.78. The number of hydrogen-bond acceptors (Lipinski definition) is 5. The van der Waals surface area contributed by atoms with E-state index in [0.717, 1.165) is 30.4 Å². The predicted molar refractivity (Wildman–Crippen MR) is 125 cm³/mol. The van der Waals surface area contributed by atoms with Crippen LogP contribution >= 0.6 is 15.9 Å². The molecule has 0 unspecified atom stereocenters. The number of benzene rings is 2. The number of nitrogens with zero attached hydrogens (tertiary/aromatic N) is 1. The standard InChI is InChI=1S/C23H28BrN3O4/c1-15-7-8-18(13-21(15)31-3)26-22(28)23(9-5-4-6-10-23)25-14-19-16(2)11-17(24)12-20(19)27(29)30/h7-8,11-13,25H,4-6,9-10,14H2,1-3H3,(H,26,28). The number of ether oxygens (including phenoxy) is 1. The highest BCUT2D eigenvalue weighted by atomic mass is 79.9. The molecule has 0 heterocycles. The van der Waals surface area contributed by atoms with Crippen molar-refractivity contribution in [2.45, 2.75) is 58.0 Å². The van der Waals surface area contributed by atoms with Crippen molar-refractivity contribution in [2.24, 2.45) is 0 Å². The fourth-order valence-corrected chi connectivity index (χ4v) is 4.75. The molecule has 2 aromatic carbocycles. The smallest absolute Gasteiger partial charge is 0.275 e. The van der Waals surface area contributed by atoms with Gasteiger partial charge in [0.15, 0.2) is 0 Å². The summed E-state index contributed by atoms with van der Waals surface area (Å²) >= 11 is 3.33. The van der Waals surface area contributed by atoms with Gasteiger partial charge >= 0.3 is 0 Å². The summed E-state index contributed by atoms with van der Waals surface area (Å²) in [5.74, 6) is 0.597. The number of carbonyl (C=O) groups is 1. The molecular formula is C23H28BrN3O4. The Balaban J connectivity index is 1.85. The molecule has 1 aliphatic rings. The van der Waals surface area contributed by atoms with Crippen molar-refractivity contribution in [2.75, 3.05) is 12.4 Å². The molecule has 7 nitrogen and oxygen atoms in total. The second-order valence-corrected chi connectivity index (χ2v) is 9.03. The molecule has 0 aliphatic heterocycles. The minimum Gasteiger partial charge on any atom is -0.496 e. The van der Waals surface area contributed by atoms with E-state index in [0.29, 0.717) is 34.3 Å². The van der Waals surface area contributed by atoms with Gasteiger partial charge in [-0.2, -0.15) is 0 Å². The summed E-state index contributed by atoms with van der Waals surface area (Å²) in [5.41, 5.74) is 2.35. The molecule has 0 spiro atoms. The summed E-state index contributed by atoms with van der Waals surface area (Å²) in [4.78, 5) is 24.6. The van der Waals surface area contributed by atoms with Crippen LogP contribution in [0.3, 0.4) is 0 Å². The molecule has 0 bridgehead atoms. The van der Waals surface area contributed by atoms with Crippen LogP contribution < -0.4 is 15.4 Å². The van der Waals surface area contributed by atoms with Crippen LogP contribution in [0, 0.1) is 24.0 Å². The third-order valence-electron chi connectivity index (χ3n) is 6.02. The van der Waals surface area contributed by atoms with Crippen molar-refractivity contribution in [1.29, 1.82) is 0 Å². The Morgan fingerprint density at radius 2 is 1.87 bits per heavy atom.